The van der Waals surface area contributed by atoms with Crippen LogP contribution >= 0.6 is 12.4 Å². The van der Waals surface area contributed by atoms with E-state index < -0.39 is 9.84 Å². The number of carbonyl (C=O) groups excluding carboxylic acids is 1. The Morgan fingerprint density at radius 1 is 1.36 bits per heavy atom. The van der Waals surface area contributed by atoms with E-state index in [9.17, 15) is 13.2 Å². The van der Waals surface area contributed by atoms with E-state index >= 15 is 0 Å². The summed E-state index contributed by atoms with van der Waals surface area (Å²) in [6, 6.07) is -0.156. The Hall–Kier alpha value is -0.370. The minimum absolute atomic E-state index is 0. The van der Waals surface area contributed by atoms with Crippen molar-refractivity contribution in [2.75, 3.05) is 44.9 Å². The number of nitrogens with zero attached hydrogens (tertiary/aromatic N) is 1. The van der Waals surface area contributed by atoms with Gasteiger partial charge in [-0.1, -0.05) is 6.92 Å². The van der Waals surface area contributed by atoms with Crippen molar-refractivity contribution in [3.05, 3.63) is 0 Å². The van der Waals surface area contributed by atoms with Crippen LogP contribution in [0.4, 0.5) is 0 Å². The number of halogens is 1. The van der Waals surface area contributed by atoms with E-state index in [4.69, 9.17) is 4.74 Å². The number of hydrogen-bond donors (Lipinski definition) is 1. The van der Waals surface area contributed by atoms with Crippen molar-refractivity contribution < 1.29 is 17.9 Å². The van der Waals surface area contributed by atoms with Crippen molar-refractivity contribution in [3.8, 4) is 0 Å². The maximum atomic E-state index is 12.9. The van der Waals surface area contributed by atoms with Gasteiger partial charge < -0.3 is 15.0 Å². The highest BCUT2D eigenvalue weighted by Gasteiger charge is 2.35. The molecule has 6 nitrogen and oxygen atoms in total. The molecule has 2 saturated heterocycles. The summed E-state index contributed by atoms with van der Waals surface area (Å²) in [5.74, 6) is 1.29. The molecule has 0 aromatic heterocycles. The molecule has 2 aliphatic heterocycles. The van der Waals surface area contributed by atoms with Crippen LogP contribution in [0.1, 0.15) is 39.0 Å². The second-order valence-corrected chi connectivity index (χ2v) is 9.51. The van der Waals surface area contributed by atoms with Crippen LogP contribution in [-0.4, -0.2) is 70.1 Å². The summed E-state index contributed by atoms with van der Waals surface area (Å²) in [6.45, 7) is 5.37. The Morgan fingerprint density at radius 3 is 2.68 bits per heavy atom. The zero-order valence-corrected chi connectivity index (χ0v) is 17.0. The molecule has 0 saturated carbocycles. The van der Waals surface area contributed by atoms with Gasteiger partial charge in [-0.15, -0.1) is 12.4 Å². The van der Waals surface area contributed by atoms with Gasteiger partial charge in [-0.25, -0.2) is 8.42 Å². The van der Waals surface area contributed by atoms with Crippen LogP contribution in [0.2, 0.25) is 0 Å². The number of methoxy groups -OCH3 is 1. The minimum Gasteiger partial charge on any atom is -0.385 e. The molecule has 0 radical (unpaired) electrons. The molecule has 3 unspecified atom stereocenters. The van der Waals surface area contributed by atoms with Crippen molar-refractivity contribution in [2.45, 2.75) is 45.1 Å². The van der Waals surface area contributed by atoms with Crippen LogP contribution < -0.4 is 5.32 Å². The summed E-state index contributed by atoms with van der Waals surface area (Å²) < 4.78 is 28.7. The molecule has 25 heavy (non-hydrogen) atoms. The average Bonchev–Trinajstić information content (AvgIpc) is 2.92. The van der Waals surface area contributed by atoms with Gasteiger partial charge in [-0.3, -0.25) is 4.79 Å². The maximum Gasteiger partial charge on any atom is 0.223 e. The predicted molar refractivity (Wildman–Crippen MR) is 102 cm³/mol. The highest BCUT2D eigenvalue weighted by atomic mass is 35.5. The molecule has 2 fully saturated rings. The van der Waals surface area contributed by atoms with Crippen LogP contribution in [0.5, 0.6) is 0 Å². The smallest absolute Gasteiger partial charge is 0.223 e. The molecule has 2 heterocycles. The molecule has 0 aromatic carbocycles. The Kier molecular flexibility index (Phi) is 9.70. The number of piperidine rings is 1. The van der Waals surface area contributed by atoms with E-state index in [0.717, 1.165) is 19.5 Å². The van der Waals surface area contributed by atoms with Crippen LogP contribution in [-0.2, 0) is 19.4 Å². The fraction of sp³-hybridized carbons (Fsp3) is 0.941. The third-order valence-electron chi connectivity index (χ3n) is 5.35. The van der Waals surface area contributed by atoms with E-state index in [0.29, 0.717) is 37.8 Å². The third kappa shape index (κ3) is 7.04. The van der Waals surface area contributed by atoms with Gasteiger partial charge in [0.25, 0.3) is 0 Å². The van der Waals surface area contributed by atoms with Gasteiger partial charge in [0.05, 0.1) is 11.5 Å². The first-order valence-corrected chi connectivity index (χ1v) is 10.9. The SMILES string of the molecule is COCCCN(C(=O)CC(C)C1CCCNC1)C1CCS(=O)(=O)C1.Cl. The molecule has 148 valence electrons. The zero-order chi connectivity index (χ0) is 17.6. The van der Waals surface area contributed by atoms with E-state index in [1.54, 1.807) is 7.11 Å². The van der Waals surface area contributed by atoms with Gasteiger partial charge in [-0.2, -0.15) is 0 Å². The molecule has 3 atom stereocenters. The fourth-order valence-corrected chi connectivity index (χ4v) is 5.57. The summed E-state index contributed by atoms with van der Waals surface area (Å²) in [4.78, 5) is 14.7. The number of carbonyl (C=O) groups is 1. The summed E-state index contributed by atoms with van der Waals surface area (Å²) in [5.41, 5.74) is 0. The first kappa shape index (κ1) is 22.7. The molecule has 1 amide bonds. The largest absolute Gasteiger partial charge is 0.385 e. The lowest BCUT2D eigenvalue weighted by Gasteiger charge is -2.32. The molecule has 1 N–H and O–H groups in total. The standard InChI is InChI=1S/C17H32N2O4S.ClH/c1-14(15-5-3-7-18-12-15)11-17(20)19(8-4-9-23-2)16-6-10-24(21,22)13-16;/h14-16,18H,3-13H2,1-2H3;1H. The molecule has 2 rings (SSSR count). The Morgan fingerprint density at radius 2 is 2.12 bits per heavy atom. The summed E-state index contributed by atoms with van der Waals surface area (Å²) >= 11 is 0. The van der Waals surface area contributed by atoms with Crippen LogP contribution in [0, 0.1) is 11.8 Å². The van der Waals surface area contributed by atoms with Gasteiger partial charge in [0, 0.05) is 32.7 Å². The zero-order valence-electron chi connectivity index (χ0n) is 15.4. The minimum atomic E-state index is -2.99. The third-order valence-corrected chi connectivity index (χ3v) is 7.10. The lowest BCUT2D eigenvalue weighted by Crippen LogP contribution is -2.43. The summed E-state index contributed by atoms with van der Waals surface area (Å²) in [6.07, 6.45) is 4.17. The monoisotopic (exact) mass is 396 g/mol. The van der Waals surface area contributed by atoms with Gasteiger partial charge in [-0.05, 0) is 50.6 Å². The van der Waals surface area contributed by atoms with Crippen molar-refractivity contribution in [1.29, 1.82) is 0 Å². The van der Waals surface area contributed by atoms with Gasteiger partial charge >= 0.3 is 0 Å². The normalized spacial score (nSPS) is 26.6. The predicted octanol–water partition coefficient (Wildman–Crippen LogP) is 1.49. The van der Waals surface area contributed by atoms with E-state index in [-0.39, 0.29) is 35.9 Å². The van der Waals surface area contributed by atoms with Crippen LogP contribution in [0.15, 0.2) is 0 Å². The highest BCUT2D eigenvalue weighted by molar-refractivity contribution is 7.91. The molecule has 8 heteroatoms. The van der Waals surface area contributed by atoms with Gasteiger partial charge in [0.2, 0.25) is 5.91 Å². The first-order valence-electron chi connectivity index (χ1n) is 9.12. The molecular weight excluding hydrogens is 364 g/mol. The van der Waals surface area contributed by atoms with Crippen molar-refractivity contribution >= 4 is 28.2 Å². The average molecular weight is 397 g/mol. The summed E-state index contributed by atoms with van der Waals surface area (Å²) in [5, 5.41) is 3.41. The molecule has 0 bridgehead atoms. The van der Waals surface area contributed by atoms with Crippen molar-refractivity contribution in [1.82, 2.24) is 10.2 Å². The number of ether oxygens (including phenoxy) is 1. The molecule has 2 aliphatic rings. The van der Waals surface area contributed by atoms with Gasteiger partial charge in [0.1, 0.15) is 0 Å². The van der Waals surface area contributed by atoms with E-state index in [1.807, 2.05) is 4.90 Å². The second kappa shape index (κ2) is 10.7. The van der Waals surface area contributed by atoms with Crippen LogP contribution in [0.3, 0.4) is 0 Å². The number of hydrogen-bond acceptors (Lipinski definition) is 5. The van der Waals surface area contributed by atoms with E-state index in [2.05, 4.69) is 12.2 Å². The van der Waals surface area contributed by atoms with E-state index in [1.165, 1.54) is 12.8 Å². The maximum absolute atomic E-state index is 12.9. The number of rotatable bonds is 8. The first-order chi connectivity index (χ1) is 11.4. The molecule has 0 aromatic rings. The quantitative estimate of drug-likeness (QED) is 0.629. The number of nitrogens with one attached hydrogen (secondary N) is 1. The molecular formula is C17H33ClN2O4S. The highest BCUT2D eigenvalue weighted by Crippen LogP contribution is 2.25. The van der Waals surface area contributed by atoms with Crippen molar-refractivity contribution in [2.24, 2.45) is 11.8 Å². The van der Waals surface area contributed by atoms with Crippen molar-refractivity contribution in [3.63, 3.8) is 0 Å². The number of sulfone groups is 1. The Labute approximate surface area is 158 Å². The summed E-state index contributed by atoms with van der Waals surface area (Å²) in [7, 11) is -1.35. The second-order valence-electron chi connectivity index (χ2n) is 7.28. The lowest BCUT2D eigenvalue weighted by molar-refractivity contribution is -0.134. The molecule has 0 spiro atoms. The Bertz CT molecular complexity index is 509. The Balaban J connectivity index is 0.00000312. The van der Waals surface area contributed by atoms with Gasteiger partial charge in [0.15, 0.2) is 9.84 Å². The lowest BCUT2D eigenvalue weighted by atomic mass is 9.85. The topological polar surface area (TPSA) is 75.7 Å². The molecule has 0 aliphatic carbocycles. The fourth-order valence-electron chi connectivity index (χ4n) is 3.84. The van der Waals surface area contributed by atoms with Crippen LogP contribution in [0.25, 0.3) is 0 Å². The number of amides is 1.